The van der Waals surface area contributed by atoms with E-state index in [1.54, 1.807) is 0 Å². The number of benzene rings is 3. The van der Waals surface area contributed by atoms with Crippen LogP contribution in [0.3, 0.4) is 0 Å². The molecule has 5 rings (SSSR count). The van der Waals surface area contributed by atoms with Gasteiger partial charge in [0.1, 0.15) is 5.01 Å². The zero-order valence-corrected chi connectivity index (χ0v) is 17.9. The number of para-hydroxylation sites is 2. The molecule has 31 heavy (non-hydrogen) atoms. The maximum absolute atomic E-state index is 12.6. The zero-order valence-electron chi connectivity index (χ0n) is 17.1. The van der Waals surface area contributed by atoms with Crippen molar-refractivity contribution < 1.29 is 4.79 Å². The number of rotatable bonds is 5. The fourth-order valence-electron chi connectivity index (χ4n) is 3.78. The number of nitrogens with zero attached hydrogens (tertiary/aromatic N) is 1. The second-order valence-corrected chi connectivity index (χ2v) is 8.40. The van der Waals surface area contributed by atoms with Gasteiger partial charge in [-0.05, 0) is 30.2 Å². The maximum Gasteiger partial charge on any atom is 0.231 e. The van der Waals surface area contributed by atoms with Gasteiger partial charge in [-0.25, -0.2) is 4.98 Å². The first-order valence-corrected chi connectivity index (χ1v) is 11.0. The van der Waals surface area contributed by atoms with Crippen molar-refractivity contribution in [1.29, 1.82) is 0 Å². The summed E-state index contributed by atoms with van der Waals surface area (Å²) in [5.74, 6) is -0.0580. The molecule has 3 aromatic carbocycles. The van der Waals surface area contributed by atoms with Crippen molar-refractivity contribution in [1.82, 2.24) is 9.97 Å². The summed E-state index contributed by atoms with van der Waals surface area (Å²) >= 11 is 1.52. The zero-order chi connectivity index (χ0) is 21.2. The van der Waals surface area contributed by atoms with Crippen molar-refractivity contribution in [2.45, 2.75) is 13.3 Å². The summed E-state index contributed by atoms with van der Waals surface area (Å²) in [6, 6.07) is 26.3. The third kappa shape index (κ3) is 3.88. The molecule has 0 unspecified atom stereocenters. The molecule has 2 N–H and O–H groups in total. The van der Waals surface area contributed by atoms with E-state index >= 15 is 0 Å². The molecule has 1 amide bonds. The smallest absolute Gasteiger partial charge is 0.231 e. The number of carbonyl (C=O) groups excluding carboxylic acids is 1. The summed E-state index contributed by atoms with van der Waals surface area (Å²) in [6.45, 7) is 1.99. The summed E-state index contributed by atoms with van der Waals surface area (Å²) in [6.07, 6.45) is 0.252. The van der Waals surface area contributed by atoms with Gasteiger partial charge < -0.3 is 10.3 Å². The van der Waals surface area contributed by atoms with Crippen LogP contribution in [0.1, 0.15) is 10.6 Å². The van der Waals surface area contributed by atoms with Crippen molar-refractivity contribution in [3.8, 4) is 22.5 Å². The number of hydrogen-bond donors (Lipinski definition) is 2. The summed E-state index contributed by atoms with van der Waals surface area (Å²) in [7, 11) is 0. The van der Waals surface area contributed by atoms with Crippen LogP contribution in [0.5, 0.6) is 0 Å². The van der Waals surface area contributed by atoms with Gasteiger partial charge in [-0.2, -0.15) is 0 Å². The van der Waals surface area contributed by atoms with Crippen molar-refractivity contribution >= 4 is 33.8 Å². The lowest BCUT2D eigenvalue weighted by Crippen LogP contribution is -2.14. The summed E-state index contributed by atoms with van der Waals surface area (Å²) < 4.78 is 0. The Morgan fingerprint density at radius 2 is 1.71 bits per heavy atom. The molecule has 4 nitrogen and oxygen atoms in total. The Morgan fingerprint density at radius 1 is 0.968 bits per heavy atom. The molecule has 0 saturated heterocycles. The second kappa shape index (κ2) is 8.20. The molecule has 2 heterocycles. The second-order valence-electron chi connectivity index (χ2n) is 7.45. The quantitative estimate of drug-likeness (QED) is 0.341. The SMILES string of the molecule is Cc1ccccc1NC(=O)Cc1nc(-c2c(-c3ccccc3)[nH]c3ccccc23)cs1. The third-order valence-electron chi connectivity index (χ3n) is 5.31. The summed E-state index contributed by atoms with van der Waals surface area (Å²) in [5, 5.41) is 6.96. The predicted molar refractivity (Wildman–Crippen MR) is 128 cm³/mol. The fourth-order valence-corrected chi connectivity index (χ4v) is 4.56. The van der Waals surface area contributed by atoms with Crippen molar-refractivity contribution in [2.75, 3.05) is 5.32 Å². The van der Waals surface area contributed by atoms with Crippen LogP contribution in [-0.2, 0) is 11.2 Å². The van der Waals surface area contributed by atoms with Crippen LogP contribution < -0.4 is 5.32 Å². The van der Waals surface area contributed by atoms with Gasteiger partial charge in [0, 0.05) is 27.5 Å². The van der Waals surface area contributed by atoms with Crippen LogP contribution in [0, 0.1) is 6.92 Å². The van der Waals surface area contributed by atoms with Gasteiger partial charge in [-0.1, -0.05) is 66.7 Å². The largest absolute Gasteiger partial charge is 0.354 e. The molecule has 0 bridgehead atoms. The lowest BCUT2D eigenvalue weighted by molar-refractivity contribution is -0.115. The lowest BCUT2D eigenvalue weighted by Gasteiger charge is -2.06. The fraction of sp³-hybridized carbons (Fsp3) is 0.0769. The Balaban J connectivity index is 1.47. The number of hydrogen-bond acceptors (Lipinski definition) is 3. The number of H-pyrrole nitrogens is 1. The van der Waals surface area contributed by atoms with E-state index in [0.29, 0.717) is 0 Å². The van der Waals surface area contributed by atoms with Crippen LogP contribution in [0.4, 0.5) is 5.69 Å². The number of thiazole rings is 1. The van der Waals surface area contributed by atoms with Gasteiger partial charge in [-0.3, -0.25) is 4.79 Å². The van der Waals surface area contributed by atoms with Crippen LogP contribution in [0.15, 0.2) is 84.2 Å². The maximum atomic E-state index is 12.6. The molecule has 5 aromatic rings. The molecule has 0 aliphatic rings. The molecule has 0 aliphatic carbocycles. The highest BCUT2D eigenvalue weighted by Gasteiger charge is 2.18. The standard InChI is InChI=1S/C26H21N3OS/c1-17-9-5-7-13-20(17)27-23(30)15-24-28-22(16-31-24)25-19-12-6-8-14-21(19)29-26(25)18-10-3-2-4-11-18/h2-14,16,29H,15H2,1H3,(H,27,30). The molecule has 0 spiro atoms. The number of amides is 1. The topological polar surface area (TPSA) is 57.8 Å². The monoisotopic (exact) mass is 423 g/mol. The van der Waals surface area contributed by atoms with Gasteiger partial charge >= 0.3 is 0 Å². The molecule has 0 fully saturated rings. The Kier molecular flexibility index (Phi) is 5.10. The number of aromatic nitrogens is 2. The van der Waals surface area contributed by atoms with E-state index in [2.05, 4.69) is 34.6 Å². The van der Waals surface area contributed by atoms with Crippen LogP contribution >= 0.6 is 11.3 Å². The first-order chi connectivity index (χ1) is 15.2. The summed E-state index contributed by atoms with van der Waals surface area (Å²) in [4.78, 5) is 21.0. The molecule has 2 aromatic heterocycles. The van der Waals surface area contributed by atoms with Gasteiger partial charge in [0.2, 0.25) is 5.91 Å². The number of carbonyl (C=O) groups is 1. The Bertz CT molecular complexity index is 1370. The molecule has 0 aliphatic heterocycles. The van der Waals surface area contributed by atoms with Gasteiger partial charge in [0.05, 0.1) is 17.8 Å². The number of nitrogens with one attached hydrogen (secondary N) is 2. The third-order valence-corrected chi connectivity index (χ3v) is 6.16. The highest BCUT2D eigenvalue weighted by atomic mass is 32.1. The van der Waals surface area contributed by atoms with E-state index in [0.717, 1.165) is 49.7 Å². The minimum Gasteiger partial charge on any atom is -0.354 e. The van der Waals surface area contributed by atoms with Gasteiger partial charge in [0.15, 0.2) is 0 Å². The normalized spacial score (nSPS) is 11.0. The van der Waals surface area contributed by atoms with Crippen LogP contribution in [-0.4, -0.2) is 15.9 Å². The minimum absolute atomic E-state index is 0.0580. The first kappa shape index (κ1) is 19.3. The number of aryl methyl sites for hydroxylation is 1. The minimum atomic E-state index is -0.0580. The van der Waals surface area contributed by atoms with E-state index in [-0.39, 0.29) is 12.3 Å². The van der Waals surface area contributed by atoms with E-state index in [4.69, 9.17) is 4.98 Å². The highest BCUT2D eigenvalue weighted by Crippen LogP contribution is 2.38. The Morgan fingerprint density at radius 3 is 2.55 bits per heavy atom. The van der Waals surface area contributed by atoms with Crippen molar-refractivity contribution in [2.24, 2.45) is 0 Å². The van der Waals surface area contributed by atoms with E-state index in [1.807, 2.05) is 66.9 Å². The van der Waals surface area contributed by atoms with Crippen LogP contribution in [0.2, 0.25) is 0 Å². The molecule has 5 heteroatoms. The summed E-state index contributed by atoms with van der Waals surface area (Å²) in [5.41, 5.74) is 7.07. The van der Waals surface area contributed by atoms with E-state index in [1.165, 1.54) is 11.3 Å². The molecule has 0 atom stereocenters. The average molecular weight is 424 g/mol. The lowest BCUT2D eigenvalue weighted by atomic mass is 10.0. The number of anilines is 1. The average Bonchev–Trinajstić information content (AvgIpc) is 3.40. The Hall–Kier alpha value is -3.70. The Labute approximate surface area is 184 Å². The number of fused-ring (bicyclic) bond motifs is 1. The number of aromatic amines is 1. The van der Waals surface area contributed by atoms with E-state index in [9.17, 15) is 4.79 Å². The molecule has 0 radical (unpaired) electrons. The molecular formula is C26H21N3OS. The van der Waals surface area contributed by atoms with Crippen molar-refractivity contribution in [3.63, 3.8) is 0 Å². The molecule has 152 valence electrons. The van der Waals surface area contributed by atoms with Gasteiger partial charge in [-0.15, -0.1) is 11.3 Å². The predicted octanol–water partition coefficient (Wildman–Crippen LogP) is 6.45. The first-order valence-electron chi connectivity index (χ1n) is 10.2. The van der Waals surface area contributed by atoms with E-state index < -0.39 is 0 Å². The van der Waals surface area contributed by atoms with Crippen molar-refractivity contribution in [3.05, 3.63) is 94.8 Å². The molecule has 0 saturated carbocycles. The highest BCUT2D eigenvalue weighted by molar-refractivity contribution is 7.10. The van der Waals surface area contributed by atoms with Crippen LogP contribution in [0.25, 0.3) is 33.4 Å². The molecular weight excluding hydrogens is 402 g/mol. The van der Waals surface area contributed by atoms with Gasteiger partial charge in [0.25, 0.3) is 0 Å².